The minimum atomic E-state index is -0.976. The fraction of sp³-hybridized carbons (Fsp3) is 0.200. The zero-order valence-corrected chi connectivity index (χ0v) is 14.2. The van der Waals surface area contributed by atoms with Crippen LogP contribution in [0.2, 0.25) is 0 Å². The number of hydrogen-bond acceptors (Lipinski definition) is 2. The Labute approximate surface area is 142 Å². The molecule has 0 fully saturated rings. The number of H-pyrrole nitrogens is 1. The van der Waals surface area contributed by atoms with E-state index in [2.05, 4.69) is 48.1 Å². The summed E-state index contributed by atoms with van der Waals surface area (Å²) in [6.07, 6.45) is 9.88. The normalized spacial score (nSPS) is 12.6. The summed E-state index contributed by atoms with van der Waals surface area (Å²) in [7, 11) is 0. The number of rotatable bonds is 6. The highest BCUT2D eigenvalue weighted by molar-refractivity contribution is 5.81. The summed E-state index contributed by atoms with van der Waals surface area (Å²) in [4.78, 5) is 18.3. The molecule has 2 aromatic rings. The van der Waals surface area contributed by atoms with Crippen LogP contribution in [0.15, 0.2) is 60.8 Å². The number of aromatic nitrogens is 2. The van der Waals surface area contributed by atoms with E-state index in [-0.39, 0.29) is 0 Å². The van der Waals surface area contributed by atoms with Gasteiger partial charge in [-0.15, -0.1) is 0 Å². The molecule has 1 heterocycles. The monoisotopic (exact) mass is 322 g/mol. The zero-order chi connectivity index (χ0) is 17.5. The highest BCUT2D eigenvalue weighted by atomic mass is 16.4. The van der Waals surface area contributed by atoms with Crippen LogP contribution in [0.1, 0.15) is 38.1 Å². The lowest BCUT2D eigenvalue weighted by molar-refractivity contribution is -0.131. The van der Waals surface area contributed by atoms with Gasteiger partial charge in [-0.25, -0.2) is 9.78 Å². The van der Waals surface area contributed by atoms with E-state index in [1.54, 1.807) is 12.3 Å². The van der Waals surface area contributed by atoms with Gasteiger partial charge < -0.3 is 10.1 Å². The predicted octanol–water partition coefficient (Wildman–Crippen LogP) is 4.80. The number of aromatic amines is 1. The van der Waals surface area contributed by atoms with Crippen molar-refractivity contribution in [1.82, 2.24) is 9.97 Å². The summed E-state index contributed by atoms with van der Waals surface area (Å²) in [6.45, 7) is 6.24. The van der Waals surface area contributed by atoms with Crippen LogP contribution in [0, 0.1) is 0 Å². The van der Waals surface area contributed by atoms with Gasteiger partial charge in [0.2, 0.25) is 0 Å². The topological polar surface area (TPSA) is 66.0 Å². The first-order valence-electron chi connectivity index (χ1n) is 7.91. The van der Waals surface area contributed by atoms with Crippen molar-refractivity contribution in [2.45, 2.75) is 26.7 Å². The molecule has 0 spiro atoms. The van der Waals surface area contributed by atoms with Crippen molar-refractivity contribution in [2.24, 2.45) is 0 Å². The number of hydrogen-bond donors (Lipinski definition) is 2. The highest BCUT2D eigenvalue weighted by Crippen LogP contribution is 2.23. The molecule has 0 saturated carbocycles. The molecule has 0 aliphatic carbocycles. The molecule has 0 unspecified atom stereocenters. The Balaban J connectivity index is 2.28. The van der Waals surface area contributed by atoms with Gasteiger partial charge in [-0.3, -0.25) is 0 Å². The maximum Gasteiger partial charge on any atom is 0.328 e. The molecule has 2 N–H and O–H groups in total. The summed E-state index contributed by atoms with van der Waals surface area (Å²) >= 11 is 0. The lowest BCUT2D eigenvalue weighted by Crippen LogP contribution is -1.88. The third-order valence-corrected chi connectivity index (χ3v) is 3.60. The molecule has 1 aromatic heterocycles. The Morgan fingerprint density at radius 1 is 1.21 bits per heavy atom. The molecule has 1 aromatic carbocycles. The summed E-state index contributed by atoms with van der Waals surface area (Å²) in [5, 5.41) is 8.68. The second-order valence-corrected chi connectivity index (χ2v) is 5.74. The molecule has 0 aliphatic rings. The average Bonchev–Trinajstić information content (AvgIpc) is 3.03. The second kappa shape index (κ2) is 8.11. The first-order valence-corrected chi connectivity index (χ1v) is 7.91. The second-order valence-electron chi connectivity index (χ2n) is 5.74. The van der Waals surface area contributed by atoms with Crippen molar-refractivity contribution in [2.75, 3.05) is 0 Å². The van der Waals surface area contributed by atoms with Crippen LogP contribution in [0.3, 0.4) is 0 Å². The number of carbonyl (C=O) groups is 1. The van der Waals surface area contributed by atoms with Crippen LogP contribution in [-0.4, -0.2) is 21.0 Å². The third-order valence-electron chi connectivity index (χ3n) is 3.60. The molecule has 0 amide bonds. The van der Waals surface area contributed by atoms with Crippen molar-refractivity contribution in [3.63, 3.8) is 0 Å². The van der Waals surface area contributed by atoms with Crippen LogP contribution < -0.4 is 0 Å². The van der Waals surface area contributed by atoms with Crippen molar-refractivity contribution < 1.29 is 9.90 Å². The van der Waals surface area contributed by atoms with E-state index in [1.807, 2.05) is 19.1 Å². The van der Waals surface area contributed by atoms with E-state index in [0.717, 1.165) is 22.9 Å². The van der Waals surface area contributed by atoms with E-state index in [0.29, 0.717) is 11.7 Å². The van der Waals surface area contributed by atoms with Crippen LogP contribution in [0.25, 0.3) is 16.8 Å². The number of carboxylic acid groups (broad SMARTS) is 1. The lowest BCUT2D eigenvalue weighted by Gasteiger charge is -2.05. The number of aliphatic carboxylic acids is 1. The molecule has 24 heavy (non-hydrogen) atoms. The summed E-state index contributed by atoms with van der Waals surface area (Å²) in [5.74, 6) is 0.226. The maximum absolute atomic E-state index is 10.6. The quantitative estimate of drug-likeness (QED) is 0.593. The fourth-order valence-corrected chi connectivity index (χ4v) is 2.29. The minimum Gasteiger partial charge on any atom is -0.478 e. The SMILES string of the molecule is C\C=C/C(=C\C=C\C(=O)O)c1ncc(-c2ccc(C(C)C)cc2)[nH]1. The highest BCUT2D eigenvalue weighted by Gasteiger charge is 2.06. The largest absolute Gasteiger partial charge is 0.478 e. The van der Waals surface area contributed by atoms with Crippen molar-refractivity contribution in [1.29, 1.82) is 0 Å². The molecule has 0 saturated heterocycles. The molecular formula is C20H22N2O2. The number of imidazole rings is 1. The van der Waals surface area contributed by atoms with Crippen LogP contribution in [-0.2, 0) is 4.79 Å². The third kappa shape index (κ3) is 4.56. The predicted molar refractivity (Wildman–Crippen MR) is 97.7 cm³/mol. The molecular weight excluding hydrogens is 300 g/mol. The first kappa shape index (κ1) is 17.5. The minimum absolute atomic E-state index is 0.502. The number of nitrogens with one attached hydrogen (secondary N) is 1. The summed E-state index contributed by atoms with van der Waals surface area (Å²) < 4.78 is 0. The van der Waals surface area contributed by atoms with Gasteiger partial charge >= 0.3 is 5.97 Å². The van der Waals surface area contributed by atoms with Gasteiger partial charge in [0.1, 0.15) is 5.82 Å². The van der Waals surface area contributed by atoms with Gasteiger partial charge in [0.25, 0.3) is 0 Å². The van der Waals surface area contributed by atoms with Gasteiger partial charge in [-0.1, -0.05) is 62.4 Å². The molecule has 0 atom stereocenters. The van der Waals surface area contributed by atoms with E-state index in [9.17, 15) is 4.79 Å². The van der Waals surface area contributed by atoms with E-state index in [4.69, 9.17) is 5.11 Å². The van der Waals surface area contributed by atoms with Crippen molar-refractivity contribution >= 4 is 11.5 Å². The van der Waals surface area contributed by atoms with Crippen molar-refractivity contribution in [3.05, 3.63) is 72.2 Å². The van der Waals surface area contributed by atoms with Crippen molar-refractivity contribution in [3.8, 4) is 11.3 Å². The Kier molecular flexibility index (Phi) is 5.90. The van der Waals surface area contributed by atoms with Gasteiger partial charge in [0, 0.05) is 11.6 Å². The van der Waals surface area contributed by atoms with E-state index >= 15 is 0 Å². The molecule has 0 radical (unpaired) electrons. The standard InChI is InChI=1S/C20H22N2O2/c1-4-6-17(7-5-8-19(23)24)20-21-13-18(22-20)16-11-9-15(10-12-16)14(2)3/h4-14H,1-3H3,(H,21,22)(H,23,24)/b6-4-,8-5+,17-7+. The smallest absolute Gasteiger partial charge is 0.328 e. The van der Waals surface area contributed by atoms with Gasteiger partial charge in [0.05, 0.1) is 11.9 Å². The fourth-order valence-electron chi connectivity index (χ4n) is 2.29. The Bertz CT molecular complexity index is 778. The lowest BCUT2D eigenvalue weighted by atomic mass is 10.0. The van der Waals surface area contributed by atoms with Crippen LogP contribution in [0.4, 0.5) is 0 Å². The Hall–Kier alpha value is -2.88. The Morgan fingerprint density at radius 3 is 2.50 bits per heavy atom. The molecule has 0 bridgehead atoms. The summed E-state index contributed by atoms with van der Waals surface area (Å²) in [5.41, 5.74) is 4.11. The van der Waals surface area contributed by atoms with Gasteiger partial charge in [-0.2, -0.15) is 0 Å². The molecule has 4 heteroatoms. The molecule has 0 aliphatic heterocycles. The van der Waals surface area contributed by atoms with E-state index in [1.165, 1.54) is 11.6 Å². The average molecular weight is 322 g/mol. The van der Waals surface area contributed by atoms with Gasteiger partial charge in [0.15, 0.2) is 0 Å². The molecule has 2 rings (SSSR count). The molecule has 4 nitrogen and oxygen atoms in total. The summed E-state index contributed by atoms with van der Waals surface area (Å²) in [6, 6.07) is 8.41. The van der Waals surface area contributed by atoms with E-state index < -0.39 is 5.97 Å². The number of benzene rings is 1. The van der Waals surface area contributed by atoms with Crippen LogP contribution in [0.5, 0.6) is 0 Å². The Morgan fingerprint density at radius 2 is 1.92 bits per heavy atom. The number of nitrogens with zero attached hydrogens (tertiary/aromatic N) is 1. The first-order chi connectivity index (χ1) is 11.5. The van der Waals surface area contributed by atoms with Gasteiger partial charge in [-0.05, 0) is 24.0 Å². The molecule has 124 valence electrons. The maximum atomic E-state index is 10.6. The van der Waals surface area contributed by atoms with Crippen LogP contribution >= 0.6 is 0 Å². The zero-order valence-electron chi connectivity index (χ0n) is 14.2. The number of allylic oxidation sites excluding steroid dienone is 5. The number of carboxylic acids is 1.